The minimum absolute atomic E-state index is 0.0204. The Bertz CT molecular complexity index is 806. The molecule has 0 aliphatic carbocycles. The molecule has 0 saturated carbocycles. The van der Waals surface area contributed by atoms with Crippen LogP contribution in [-0.4, -0.2) is 50.2 Å². The summed E-state index contributed by atoms with van der Waals surface area (Å²) in [4.78, 5) is 17.1. The molecule has 0 aromatic heterocycles. The number of rotatable bonds is 6. The molecule has 1 heterocycles. The fraction of sp³-hybridized carbons (Fsp3) is 0.381. The van der Waals surface area contributed by atoms with Gasteiger partial charge in [-0.3, -0.25) is 4.79 Å². The molecule has 0 spiro atoms. The molecule has 0 unspecified atom stereocenters. The van der Waals surface area contributed by atoms with Crippen molar-refractivity contribution in [3.05, 3.63) is 52.5 Å². The maximum absolute atomic E-state index is 12.9. The van der Waals surface area contributed by atoms with E-state index in [1.807, 2.05) is 36.1 Å². The van der Waals surface area contributed by atoms with E-state index in [4.69, 9.17) is 32.7 Å². The third-order valence-corrected chi connectivity index (χ3v) is 5.38. The van der Waals surface area contributed by atoms with E-state index in [0.717, 1.165) is 24.5 Å². The van der Waals surface area contributed by atoms with Crippen LogP contribution in [0.2, 0.25) is 10.0 Å². The van der Waals surface area contributed by atoms with Crippen LogP contribution in [0.15, 0.2) is 42.5 Å². The number of carbonyl (C=O) groups excluding carboxylic acids is 1. The molecular weight excluding hydrogens is 399 g/mol. The van der Waals surface area contributed by atoms with Gasteiger partial charge in [-0.25, -0.2) is 0 Å². The number of hydrogen-bond acceptors (Lipinski definition) is 4. The van der Waals surface area contributed by atoms with E-state index < -0.39 is 6.10 Å². The summed E-state index contributed by atoms with van der Waals surface area (Å²) in [6.07, 6.45) is -0.0242. The molecule has 1 aliphatic rings. The Labute approximate surface area is 175 Å². The lowest BCUT2D eigenvalue weighted by atomic mass is 10.2. The second kappa shape index (κ2) is 9.39. The first-order valence-corrected chi connectivity index (χ1v) is 10.1. The summed E-state index contributed by atoms with van der Waals surface area (Å²) in [5, 5.41) is 0.967. The van der Waals surface area contributed by atoms with Gasteiger partial charge in [-0.05, 0) is 42.8 Å². The number of halogens is 2. The van der Waals surface area contributed by atoms with Gasteiger partial charge in [-0.2, -0.15) is 0 Å². The average molecular weight is 423 g/mol. The molecule has 1 atom stereocenters. The third kappa shape index (κ3) is 4.83. The standard InChI is InChI=1S/C21H24Cl2N2O3/c1-3-19(28-20-14-15(22)4-9-18(20)23)21(26)25-12-10-24(11-13-25)16-5-7-17(27-2)8-6-16/h4-9,14,19H,3,10-13H2,1-2H3/t19-/m0/s1. The largest absolute Gasteiger partial charge is 0.497 e. The van der Waals surface area contributed by atoms with Gasteiger partial charge in [0.2, 0.25) is 0 Å². The van der Waals surface area contributed by atoms with Gasteiger partial charge in [0, 0.05) is 43.0 Å². The van der Waals surface area contributed by atoms with Crippen molar-refractivity contribution in [2.75, 3.05) is 38.2 Å². The number of benzene rings is 2. The van der Waals surface area contributed by atoms with Crippen molar-refractivity contribution in [2.24, 2.45) is 0 Å². The second-order valence-electron chi connectivity index (χ2n) is 6.60. The highest BCUT2D eigenvalue weighted by Gasteiger charge is 2.28. The van der Waals surface area contributed by atoms with Crippen LogP contribution >= 0.6 is 23.2 Å². The molecule has 5 nitrogen and oxygen atoms in total. The Kier molecular flexibility index (Phi) is 6.92. The molecule has 28 heavy (non-hydrogen) atoms. The zero-order chi connectivity index (χ0) is 20.1. The van der Waals surface area contributed by atoms with Crippen molar-refractivity contribution in [1.29, 1.82) is 0 Å². The number of nitrogens with zero attached hydrogens (tertiary/aromatic N) is 2. The summed E-state index contributed by atoms with van der Waals surface area (Å²) in [5.74, 6) is 1.25. The molecule has 1 saturated heterocycles. The summed E-state index contributed by atoms with van der Waals surface area (Å²) >= 11 is 12.2. The first kappa shape index (κ1) is 20.6. The van der Waals surface area contributed by atoms with E-state index in [1.54, 1.807) is 25.3 Å². The molecule has 0 N–H and O–H groups in total. The van der Waals surface area contributed by atoms with Gasteiger partial charge in [-0.1, -0.05) is 30.1 Å². The van der Waals surface area contributed by atoms with Gasteiger partial charge in [0.25, 0.3) is 5.91 Å². The Morgan fingerprint density at radius 3 is 2.36 bits per heavy atom. The van der Waals surface area contributed by atoms with Crippen LogP contribution in [0.4, 0.5) is 5.69 Å². The van der Waals surface area contributed by atoms with E-state index in [1.165, 1.54) is 0 Å². The van der Waals surface area contributed by atoms with Gasteiger partial charge in [-0.15, -0.1) is 0 Å². The van der Waals surface area contributed by atoms with Gasteiger partial charge in [0.05, 0.1) is 12.1 Å². The minimum Gasteiger partial charge on any atom is -0.497 e. The zero-order valence-electron chi connectivity index (χ0n) is 16.0. The fourth-order valence-electron chi connectivity index (χ4n) is 3.21. The smallest absolute Gasteiger partial charge is 0.263 e. The third-order valence-electron chi connectivity index (χ3n) is 4.84. The van der Waals surface area contributed by atoms with E-state index in [0.29, 0.717) is 35.3 Å². The van der Waals surface area contributed by atoms with Crippen molar-refractivity contribution in [3.8, 4) is 11.5 Å². The first-order valence-electron chi connectivity index (χ1n) is 9.31. The summed E-state index contributed by atoms with van der Waals surface area (Å²) < 4.78 is 11.1. The van der Waals surface area contributed by atoms with Gasteiger partial charge in [0.15, 0.2) is 6.10 Å². The molecule has 7 heteroatoms. The zero-order valence-corrected chi connectivity index (χ0v) is 17.5. The molecular formula is C21H24Cl2N2O3. The van der Waals surface area contributed by atoms with Crippen LogP contribution in [0.5, 0.6) is 11.5 Å². The SMILES string of the molecule is CC[C@H](Oc1cc(Cl)ccc1Cl)C(=O)N1CCN(c2ccc(OC)cc2)CC1. The molecule has 2 aromatic carbocycles. The van der Waals surface area contributed by atoms with Crippen LogP contribution in [0, 0.1) is 0 Å². The summed E-state index contributed by atoms with van der Waals surface area (Å²) in [5.41, 5.74) is 1.13. The van der Waals surface area contributed by atoms with Crippen LogP contribution < -0.4 is 14.4 Å². The Morgan fingerprint density at radius 2 is 1.75 bits per heavy atom. The summed E-state index contributed by atoms with van der Waals surface area (Å²) in [6, 6.07) is 13.0. The van der Waals surface area contributed by atoms with Crippen LogP contribution in [0.25, 0.3) is 0 Å². The first-order chi connectivity index (χ1) is 13.5. The fourth-order valence-corrected chi connectivity index (χ4v) is 3.54. The molecule has 1 fully saturated rings. The number of piperazine rings is 1. The van der Waals surface area contributed by atoms with Gasteiger partial charge in [0.1, 0.15) is 11.5 Å². The highest BCUT2D eigenvalue weighted by atomic mass is 35.5. The number of hydrogen-bond donors (Lipinski definition) is 0. The lowest BCUT2D eigenvalue weighted by Gasteiger charge is -2.37. The summed E-state index contributed by atoms with van der Waals surface area (Å²) in [7, 11) is 1.65. The maximum Gasteiger partial charge on any atom is 0.263 e. The van der Waals surface area contributed by atoms with Crippen molar-refractivity contribution >= 4 is 34.8 Å². The topological polar surface area (TPSA) is 42.0 Å². The van der Waals surface area contributed by atoms with Crippen LogP contribution in [0.1, 0.15) is 13.3 Å². The van der Waals surface area contributed by atoms with E-state index in [9.17, 15) is 4.79 Å². The lowest BCUT2D eigenvalue weighted by molar-refractivity contribution is -0.139. The van der Waals surface area contributed by atoms with Gasteiger partial charge < -0.3 is 19.3 Å². The average Bonchev–Trinajstić information content (AvgIpc) is 2.74. The predicted molar refractivity (Wildman–Crippen MR) is 113 cm³/mol. The predicted octanol–water partition coefficient (Wildman–Crippen LogP) is 4.51. The maximum atomic E-state index is 12.9. The lowest BCUT2D eigenvalue weighted by Crippen LogP contribution is -2.52. The van der Waals surface area contributed by atoms with Gasteiger partial charge >= 0.3 is 0 Å². The van der Waals surface area contributed by atoms with Crippen molar-refractivity contribution < 1.29 is 14.3 Å². The second-order valence-corrected chi connectivity index (χ2v) is 7.44. The number of amides is 1. The molecule has 1 aliphatic heterocycles. The van der Waals surface area contributed by atoms with Crippen molar-refractivity contribution in [2.45, 2.75) is 19.4 Å². The molecule has 2 aromatic rings. The minimum atomic E-state index is -0.580. The Balaban J connectivity index is 1.60. The van der Waals surface area contributed by atoms with E-state index >= 15 is 0 Å². The number of methoxy groups -OCH3 is 1. The molecule has 150 valence electrons. The normalized spacial score (nSPS) is 15.3. The van der Waals surface area contributed by atoms with Crippen LogP contribution in [0.3, 0.4) is 0 Å². The molecule has 0 bridgehead atoms. The number of ether oxygens (including phenoxy) is 2. The van der Waals surface area contributed by atoms with Crippen molar-refractivity contribution in [1.82, 2.24) is 4.90 Å². The van der Waals surface area contributed by atoms with E-state index in [2.05, 4.69) is 4.90 Å². The molecule has 3 rings (SSSR count). The quantitative estimate of drug-likeness (QED) is 0.686. The Morgan fingerprint density at radius 1 is 1.07 bits per heavy atom. The highest BCUT2D eigenvalue weighted by Crippen LogP contribution is 2.29. The van der Waals surface area contributed by atoms with E-state index in [-0.39, 0.29) is 5.91 Å². The Hall–Kier alpha value is -2.11. The summed E-state index contributed by atoms with van der Waals surface area (Å²) in [6.45, 7) is 4.76. The van der Waals surface area contributed by atoms with Crippen LogP contribution in [-0.2, 0) is 4.79 Å². The van der Waals surface area contributed by atoms with Crippen molar-refractivity contribution in [3.63, 3.8) is 0 Å². The highest BCUT2D eigenvalue weighted by molar-refractivity contribution is 6.34. The molecule has 1 amide bonds. The number of carbonyl (C=O) groups is 1. The molecule has 0 radical (unpaired) electrons. The number of anilines is 1. The monoisotopic (exact) mass is 422 g/mol.